The Bertz CT molecular complexity index is 4740. The second-order valence-electron chi connectivity index (χ2n) is 32.0. The van der Waals surface area contributed by atoms with Crippen LogP contribution in [0.2, 0.25) is 0 Å². The van der Waals surface area contributed by atoms with E-state index in [0.717, 1.165) is 45.4 Å². The Hall–Kier alpha value is -12.4. The summed E-state index contributed by atoms with van der Waals surface area (Å²) >= 11 is 0. The number of hydrogen-bond donors (Lipinski definition) is 2. The average molecular weight is 1660 g/mol. The third-order valence-corrected chi connectivity index (χ3v) is 19.1. The second-order valence-corrected chi connectivity index (χ2v) is 32.0. The van der Waals surface area contributed by atoms with E-state index in [4.69, 9.17) is 61.6 Å². The van der Waals surface area contributed by atoms with E-state index in [2.05, 4.69) is 0 Å². The van der Waals surface area contributed by atoms with Crippen molar-refractivity contribution in [2.45, 2.75) is 193 Å². The van der Waals surface area contributed by atoms with E-state index in [0.29, 0.717) is 109 Å². The molecular formula is C98H115NO22. The number of aliphatic hydroxyl groups is 1. The van der Waals surface area contributed by atoms with Gasteiger partial charge < -0.3 is 71.8 Å². The number of hydrogen-bond acceptors (Lipinski definition) is 21. The maximum atomic E-state index is 14.1. The fourth-order valence-electron chi connectivity index (χ4n) is 13.2. The molecule has 0 radical (unpaired) electrons. The minimum atomic E-state index is -1.01. The summed E-state index contributed by atoms with van der Waals surface area (Å²) in [6, 6.07) is 70.2. The molecule has 11 rings (SSSR count). The molecule has 2 amide bonds. The van der Waals surface area contributed by atoms with E-state index in [1.54, 1.807) is 99.3 Å². The van der Waals surface area contributed by atoms with Crippen molar-refractivity contribution in [3.8, 4) is 46.0 Å². The van der Waals surface area contributed by atoms with Gasteiger partial charge in [-0.15, -0.1) is 0 Å². The number of amides is 2. The number of benzene rings is 9. The number of rotatable bonds is 34. The van der Waals surface area contributed by atoms with Gasteiger partial charge in [0.15, 0.2) is 46.0 Å². The monoisotopic (exact) mass is 1660 g/mol. The van der Waals surface area contributed by atoms with Crippen molar-refractivity contribution in [3.05, 3.63) is 275 Å². The number of carboxylic acid groups (broad SMARTS) is 1. The third-order valence-electron chi connectivity index (χ3n) is 19.1. The molecule has 2 aliphatic rings. The van der Waals surface area contributed by atoms with Crippen LogP contribution in [-0.2, 0) is 85.3 Å². The number of carbonyl (C=O) groups excluding carboxylic acids is 6. The van der Waals surface area contributed by atoms with E-state index in [1.807, 2.05) is 209 Å². The van der Waals surface area contributed by atoms with Crippen LogP contribution in [0.25, 0.3) is 0 Å². The van der Waals surface area contributed by atoms with Crippen molar-refractivity contribution < 1.29 is 105 Å². The highest BCUT2D eigenvalue weighted by atomic mass is 16.6. The molecule has 0 bridgehead atoms. The summed E-state index contributed by atoms with van der Waals surface area (Å²) in [5.74, 6) is 0.286. The molecule has 121 heavy (non-hydrogen) atoms. The molecule has 644 valence electrons. The van der Waals surface area contributed by atoms with Gasteiger partial charge in [-0.3, -0.25) is 28.8 Å². The normalized spacial score (nSPS) is 14.4. The molecule has 23 nitrogen and oxygen atoms in total. The maximum Gasteiger partial charge on any atom is 0.417 e. The van der Waals surface area contributed by atoms with E-state index in [9.17, 15) is 43.8 Å². The summed E-state index contributed by atoms with van der Waals surface area (Å²) in [5.41, 5.74) is 6.49. The highest BCUT2D eigenvalue weighted by Crippen LogP contribution is 2.40. The first-order valence-corrected chi connectivity index (χ1v) is 40.5. The number of aliphatic hydroxyl groups excluding tert-OH is 1. The minimum Gasteiger partial charge on any atom is -0.493 e. The van der Waals surface area contributed by atoms with E-state index >= 15 is 0 Å². The zero-order valence-corrected chi connectivity index (χ0v) is 71.6. The van der Waals surface area contributed by atoms with E-state index in [-0.39, 0.29) is 69.1 Å². The third kappa shape index (κ3) is 31.7. The van der Waals surface area contributed by atoms with Gasteiger partial charge in [0.2, 0.25) is 5.91 Å². The molecule has 2 saturated heterocycles. The molecule has 0 saturated carbocycles. The smallest absolute Gasteiger partial charge is 0.417 e. The molecule has 2 aliphatic heterocycles. The zero-order valence-electron chi connectivity index (χ0n) is 71.6. The van der Waals surface area contributed by atoms with Crippen LogP contribution in [0.5, 0.6) is 46.0 Å². The summed E-state index contributed by atoms with van der Waals surface area (Å²) < 4.78 is 72.1. The lowest BCUT2D eigenvalue weighted by Gasteiger charge is -2.26. The molecule has 2 fully saturated rings. The van der Waals surface area contributed by atoms with Crippen LogP contribution >= 0.6 is 0 Å². The molecule has 9 aromatic rings. The molecular weight excluding hydrogens is 1540 g/mol. The molecule has 0 unspecified atom stereocenters. The first-order valence-electron chi connectivity index (χ1n) is 40.5. The lowest BCUT2D eigenvalue weighted by molar-refractivity contribution is -0.156. The molecule has 9 aromatic carbocycles. The van der Waals surface area contributed by atoms with Gasteiger partial charge >= 0.3 is 35.9 Å². The maximum absolute atomic E-state index is 14.1. The number of carboxylic acids is 1. The fourth-order valence-corrected chi connectivity index (χ4v) is 13.2. The van der Waals surface area contributed by atoms with Crippen LogP contribution in [0.15, 0.2) is 224 Å². The molecule has 5 atom stereocenters. The predicted molar refractivity (Wildman–Crippen MR) is 458 cm³/mol. The van der Waals surface area contributed by atoms with Crippen molar-refractivity contribution in [2.24, 2.45) is 0 Å². The Morgan fingerprint density at radius 1 is 0.413 bits per heavy atom. The number of esters is 4. The Morgan fingerprint density at radius 3 is 1.12 bits per heavy atom. The predicted octanol–water partition coefficient (Wildman–Crippen LogP) is 18.8. The average Bonchev–Trinajstić information content (AvgIpc) is 1.73. The van der Waals surface area contributed by atoms with Gasteiger partial charge in [0.05, 0.1) is 52.9 Å². The number of cyclic esters (lactones) is 2. The number of imide groups is 1. The number of ether oxygens (including phenoxy) is 13. The van der Waals surface area contributed by atoms with E-state index in [1.165, 1.54) is 12.0 Å². The van der Waals surface area contributed by atoms with E-state index < -0.39 is 64.6 Å². The molecule has 2 heterocycles. The summed E-state index contributed by atoms with van der Waals surface area (Å²) in [6.45, 7) is 18.2. The van der Waals surface area contributed by atoms with Gasteiger partial charge in [-0.1, -0.05) is 176 Å². The lowest BCUT2D eigenvalue weighted by atomic mass is 9.91. The Morgan fingerprint density at radius 2 is 0.760 bits per heavy atom. The van der Waals surface area contributed by atoms with Gasteiger partial charge in [-0.2, -0.15) is 0 Å². The largest absolute Gasteiger partial charge is 0.493 e. The number of carbonyl (C=O) groups is 7. The Balaban J connectivity index is 0.000000205. The van der Waals surface area contributed by atoms with Crippen LogP contribution in [-0.4, -0.2) is 128 Å². The van der Waals surface area contributed by atoms with Crippen molar-refractivity contribution in [1.82, 2.24) is 4.90 Å². The summed E-state index contributed by atoms with van der Waals surface area (Å²) in [4.78, 5) is 87.8. The molecule has 2 N–H and O–H groups in total. The van der Waals surface area contributed by atoms with Crippen molar-refractivity contribution in [2.75, 3.05) is 48.3 Å². The lowest BCUT2D eigenvalue weighted by Crippen LogP contribution is -2.43. The summed E-state index contributed by atoms with van der Waals surface area (Å²) in [5, 5.41) is 19.5. The molecule has 0 spiro atoms. The van der Waals surface area contributed by atoms with Crippen molar-refractivity contribution in [1.29, 1.82) is 0 Å². The van der Waals surface area contributed by atoms with Crippen LogP contribution < -0.4 is 37.9 Å². The number of methoxy groups -OCH3 is 4. The van der Waals surface area contributed by atoms with Crippen LogP contribution in [0, 0.1) is 0 Å². The quantitative estimate of drug-likeness (QED) is 0.0280. The summed E-state index contributed by atoms with van der Waals surface area (Å²) in [6.07, 6.45) is 2.07. The van der Waals surface area contributed by atoms with Crippen LogP contribution in [0.3, 0.4) is 0 Å². The molecule has 0 aliphatic carbocycles. The van der Waals surface area contributed by atoms with Crippen molar-refractivity contribution >= 4 is 41.8 Å². The Labute approximate surface area is 710 Å². The van der Waals surface area contributed by atoms with Crippen LogP contribution in [0.1, 0.15) is 187 Å². The van der Waals surface area contributed by atoms with Gasteiger partial charge in [-0.05, 0) is 193 Å². The number of aliphatic carboxylic acids is 1. The first-order chi connectivity index (χ1) is 57.9. The van der Waals surface area contributed by atoms with Gasteiger partial charge in [0.1, 0.15) is 49.8 Å². The first kappa shape index (κ1) is 94.1. The standard InChI is InChI=1S/C33H37NO7.C23H28O6.C23H30O5.C19H20O4/c1-33(2,3)41-30(35)18-16-27(31(36)34-26(22-40-32(34)37)19-23-11-7-5-8-12-23)25-15-17-28(38-4)29(20-25)39-21-24-13-9-6-10-14-24;1-23(2,3)29-21(24)13-11-18(22(25)26)17-10-12-19(27-4)20(14-17)28-15-16-8-6-5-7-9-16;1-23(2,3)28-22(25)13-11-19(15-24)18-10-12-20(26-4)21(14-18)27-16-17-8-6-5-7-9-17;1-21-17-9-7-15(16-8-10-19(20)23-13-16)11-18(17)22-12-14-5-3-2-4-6-14/h5-15,17,20,26-27H,16,18-19,21-22H2,1-4H3;5-10,12,14,18H,11,13,15H2,1-4H3,(H,25,26);5-10,12,14,19,24H,11,13,15-16H2,1-4H3;2-7,9,11,16H,8,10,12-13H2,1H3/t26-,27-;18-;19-;16-/m0011/s1. The summed E-state index contributed by atoms with van der Waals surface area (Å²) in [7, 11) is 6.30. The fraction of sp³-hybridized carbons (Fsp3) is 0.378. The van der Waals surface area contributed by atoms with Crippen molar-refractivity contribution in [3.63, 3.8) is 0 Å². The topological polar surface area (TPSA) is 283 Å². The second kappa shape index (κ2) is 46.8. The van der Waals surface area contributed by atoms with Gasteiger partial charge in [0.25, 0.3) is 0 Å². The highest BCUT2D eigenvalue weighted by Gasteiger charge is 2.42. The Kier molecular flexibility index (Phi) is 36.4. The zero-order chi connectivity index (χ0) is 87.5. The minimum absolute atomic E-state index is 0.00779. The number of nitrogens with zero attached hydrogens (tertiary/aromatic N) is 1. The molecule has 23 heteroatoms. The SMILES string of the molecule is COc1ccc([C@@H](CO)CCC(=O)OC(C)(C)C)cc1OCc1ccccc1.COc1ccc([C@@H]2CCC(=O)OC2)cc1OCc1ccccc1.COc1ccc([C@H](CCC(=O)OC(C)(C)C)C(=O)N2C(=O)OC[C@@H]2Cc2ccccc2)cc1OCc1ccccc1.COc1ccc([C@H](CCC(=O)OC(C)(C)C)C(=O)O)cc1OCc1ccccc1. The van der Waals surface area contributed by atoms with Gasteiger partial charge in [0, 0.05) is 44.1 Å². The van der Waals surface area contributed by atoms with Crippen LogP contribution in [0.4, 0.5) is 4.79 Å². The highest BCUT2D eigenvalue weighted by molar-refractivity contribution is 5.97. The molecule has 0 aromatic heterocycles. The van der Waals surface area contributed by atoms with Gasteiger partial charge in [-0.25, -0.2) is 9.69 Å².